The molecule has 1 aliphatic carbocycles. The van der Waals surface area contributed by atoms with E-state index < -0.39 is 0 Å². The van der Waals surface area contributed by atoms with Crippen LogP contribution in [0.15, 0.2) is 24.4 Å². The van der Waals surface area contributed by atoms with Crippen molar-refractivity contribution >= 4 is 16.7 Å². The lowest BCUT2D eigenvalue weighted by atomic mass is 9.80. The van der Waals surface area contributed by atoms with Gasteiger partial charge < -0.3 is 4.98 Å². The third-order valence-electron chi connectivity index (χ3n) is 4.41. The molecule has 0 aliphatic heterocycles. The van der Waals surface area contributed by atoms with E-state index in [-0.39, 0.29) is 5.41 Å². The van der Waals surface area contributed by atoms with E-state index in [2.05, 4.69) is 24.9 Å². The predicted molar refractivity (Wildman–Crippen MR) is 73.9 cm³/mol. The summed E-state index contributed by atoms with van der Waals surface area (Å²) in [6, 6.07) is 6.14. The molecule has 0 atom stereocenters. The van der Waals surface area contributed by atoms with Gasteiger partial charge in [0.1, 0.15) is 0 Å². The third kappa shape index (κ3) is 1.59. The lowest BCUT2D eigenvalue weighted by Crippen LogP contribution is -2.24. The van der Waals surface area contributed by atoms with Gasteiger partial charge in [-0.25, -0.2) is 0 Å². The maximum atomic E-state index is 12.8. The average Bonchev–Trinajstić information content (AvgIpc) is 2.96. The minimum absolute atomic E-state index is 0.141. The summed E-state index contributed by atoms with van der Waals surface area (Å²) in [5, 5.41) is 1.11. The summed E-state index contributed by atoms with van der Waals surface area (Å²) in [5.41, 5.74) is 2.99. The molecular weight excluding hydrogens is 222 g/mol. The van der Waals surface area contributed by atoms with E-state index in [9.17, 15) is 4.79 Å². The fraction of sp³-hybridized carbons (Fsp3) is 0.438. The highest BCUT2D eigenvalue weighted by atomic mass is 16.1. The van der Waals surface area contributed by atoms with Crippen LogP contribution in [0.3, 0.4) is 0 Å². The van der Waals surface area contributed by atoms with Crippen molar-refractivity contribution in [3.05, 3.63) is 35.5 Å². The van der Waals surface area contributed by atoms with Gasteiger partial charge in [-0.3, -0.25) is 4.79 Å². The molecule has 0 radical (unpaired) electrons. The summed E-state index contributed by atoms with van der Waals surface area (Å²) in [7, 11) is 0. The van der Waals surface area contributed by atoms with Crippen molar-refractivity contribution < 1.29 is 4.79 Å². The summed E-state index contributed by atoms with van der Waals surface area (Å²) in [6.07, 6.45) is 6.32. The van der Waals surface area contributed by atoms with Crippen LogP contribution in [0.5, 0.6) is 0 Å². The van der Waals surface area contributed by atoms with E-state index in [0.29, 0.717) is 5.78 Å². The Morgan fingerprint density at radius 2 is 2.00 bits per heavy atom. The fourth-order valence-electron chi connectivity index (χ4n) is 3.25. The van der Waals surface area contributed by atoms with Crippen LogP contribution in [0.1, 0.15) is 48.5 Å². The number of fused-ring (bicyclic) bond motifs is 1. The summed E-state index contributed by atoms with van der Waals surface area (Å²) in [6.45, 7) is 4.20. The summed E-state index contributed by atoms with van der Waals surface area (Å²) in [4.78, 5) is 16.0. The van der Waals surface area contributed by atoms with Crippen molar-refractivity contribution in [2.75, 3.05) is 0 Å². The second-order valence-electron chi connectivity index (χ2n) is 5.80. The zero-order valence-electron chi connectivity index (χ0n) is 11.0. The van der Waals surface area contributed by atoms with Gasteiger partial charge in [-0.1, -0.05) is 31.9 Å². The van der Waals surface area contributed by atoms with Gasteiger partial charge in [-0.15, -0.1) is 0 Å². The molecule has 0 amide bonds. The molecule has 1 saturated carbocycles. The van der Waals surface area contributed by atoms with E-state index in [4.69, 9.17) is 0 Å². The number of rotatable bonds is 2. The van der Waals surface area contributed by atoms with Crippen LogP contribution in [-0.4, -0.2) is 10.8 Å². The van der Waals surface area contributed by atoms with Gasteiger partial charge in [0.15, 0.2) is 5.78 Å². The second kappa shape index (κ2) is 3.98. The summed E-state index contributed by atoms with van der Waals surface area (Å²) in [5.74, 6) is 0.320. The number of hydrogen-bond donors (Lipinski definition) is 1. The lowest BCUT2D eigenvalue weighted by Gasteiger charge is -2.21. The van der Waals surface area contributed by atoms with Crippen molar-refractivity contribution in [2.24, 2.45) is 5.41 Å². The van der Waals surface area contributed by atoms with Crippen molar-refractivity contribution in [2.45, 2.75) is 39.5 Å². The number of H-pyrrole nitrogens is 1. The maximum absolute atomic E-state index is 12.8. The fourth-order valence-corrected chi connectivity index (χ4v) is 3.25. The predicted octanol–water partition coefficient (Wildman–Crippen LogP) is 4.24. The molecule has 1 aromatic heterocycles. The Labute approximate surface area is 107 Å². The number of ketones is 1. The Bertz CT molecular complexity index is 603. The number of nitrogens with one attached hydrogen (secondary N) is 1. The quantitative estimate of drug-likeness (QED) is 0.784. The minimum atomic E-state index is -0.141. The Balaban J connectivity index is 2.12. The first-order valence-corrected chi connectivity index (χ1v) is 6.73. The van der Waals surface area contributed by atoms with Gasteiger partial charge in [0.2, 0.25) is 0 Å². The van der Waals surface area contributed by atoms with Crippen LogP contribution in [-0.2, 0) is 0 Å². The summed E-state index contributed by atoms with van der Waals surface area (Å²) >= 11 is 0. The van der Waals surface area contributed by atoms with Crippen molar-refractivity contribution in [3.8, 4) is 0 Å². The molecule has 2 nitrogen and oxygen atoms in total. The zero-order valence-corrected chi connectivity index (χ0v) is 11.0. The Kier molecular flexibility index (Phi) is 2.54. The van der Waals surface area contributed by atoms with Crippen molar-refractivity contribution in [1.29, 1.82) is 0 Å². The van der Waals surface area contributed by atoms with Crippen LogP contribution in [0.4, 0.5) is 0 Å². The third-order valence-corrected chi connectivity index (χ3v) is 4.41. The molecule has 0 spiro atoms. The number of benzene rings is 1. The number of Topliss-reactive ketones (excluding diaryl/α,β-unsaturated/α-hetero) is 1. The molecule has 1 heterocycles. The second-order valence-corrected chi connectivity index (χ2v) is 5.80. The number of aromatic amines is 1. The number of hydrogen-bond acceptors (Lipinski definition) is 1. The molecule has 1 fully saturated rings. The molecular formula is C16H19NO. The van der Waals surface area contributed by atoms with E-state index >= 15 is 0 Å². The largest absolute Gasteiger partial charge is 0.360 e. The molecule has 0 bridgehead atoms. The molecule has 94 valence electrons. The van der Waals surface area contributed by atoms with Crippen LogP contribution in [0, 0.1) is 12.3 Å². The van der Waals surface area contributed by atoms with Gasteiger partial charge in [-0.05, 0) is 31.4 Å². The molecule has 2 aromatic rings. The molecule has 0 saturated heterocycles. The molecule has 1 aromatic carbocycles. The highest BCUT2D eigenvalue weighted by Crippen LogP contribution is 2.41. The first-order valence-electron chi connectivity index (χ1n) is 6.73. The van der Waals surface area contributed by atoms with Crippen molar-refractivity contribution in [1.82, 2.24) is 4.98 Å². The van der Waals surface area contributed by atoms with Gasteiger partial charge in [-0.2, -0.15) is 0 Å². The first kappa shape index (κ1) is 11.5. The van der Waals surface area contributed by atoms with E-state index in [1.807, 2.05) is 18.3 Å². The van der Waals surface area contributed by atoms with Crippen LogP contribution < -0.4 is 0 Å². The topological polar surface area (TPSA) is 32.9 Å². The lowest BCUT2D eigenvalue weighted by molar-refractivity contribution is 0.0825. The van der Waals surface area contributed by atoms with Gasteiger partial charge in [0, 0.05) is 28.1 Å². The van der Waals surface area contributed by atoms with E-state index in [1.54, 1.807) is 0 Å². The number of aromatic nitrogens is 1. The van der Waals surface area contributed by atoms with Crippen LogP contribution in [0.25, 0.3) is 10.9 Å². The molecule has 1 N–H and O–H groups in total. The van der Waals surface area contributed by atoms with Gasteiger partial charge in [0.05, 0.1) is 0 Å². The molecule has 3 rings (SSSR count). The van der Waals surface area contributed by atoms with E-state index in [1.165, 1.54) is 18.4 Å². The smallest absolute Gasteiger partial charge is 0.170 e. The van der Waals surface area contributed by atoms with Crippen molar-refractivity contribution in [3.63, 3.8) is 0 Å². The SMILES string of the molecule is Cc1cccc2[nH]cc(C(=O)C3(C)CCCC3)c12. The Morgan fingerprint density at radius 3 is 2.72 bits per heavy atom. The Hall–Kier alpha value is -1.57. The number of carbonyl (C=O) groups is 1. The monoisotopic (exact) mass is 241 g/mol. The van der Waals surface area contributed by atoms with Crippen LogP contribution >= 0.6 is 0 Å². The molecule has 1 aliphatic rings. The van der Waals surface area contributed by atoms with E-state index in [0.717, 1.165) is 29.3 Å². The maximum Gasteiger partial charge on any atom is 0.170 e. The number of carbonyl (C=O) groups excluding carboxylic acids is 1. The van der Waals surface area contributed by atoms with Crippen LogP contribution in [0.2, 0.25) is 0 Å². The van der Waals surface area contributed by atoms with Gasteiger partial charge in [0.25, 0.3) is 0 Å². The summed E-state index contributed by atoms with van der Waals surface area (Å²) < 4.78 is 0. The normalized spacial score (nSPS) is 18.3. The Morgan fingerprint density at radius 1 is 1.28 bits per heavy atom. The number of aryl methyl sites for hydroxylation is 1. The average molecular weight is 241 g/mol. The molecule has 18 heavy (non-hydrogen) atoms. The standard InChI is InChI=1S/C16H19NO/c1-11-6-5-7-13-14(11)12(10-17-13)15(18)16(2)8-3-4-9-16/h5-7,10,17H,3-4,8-9H2,1-2H3. The highest BCUT2D eigenvalue weighted by Gasteiger charge is 2.37. The minimum Gasteiger partial charge on any atom is -0.360 e. The molecule has 2 heteroatoms. The van der Waals surface area contributed by atoms with Gasteiger partial charge >= 0.3 is 0 Å². The molecule has 0 unspecified atom stereocenters. The zero-order chi connectivity index (χ0) is 12.8. The highest BCUT2D eigenvalue weighted by molar-refractivity contribution is 6.11. The first-order chi connectivity index (χ1) is 8.62.